The molecule has 2 aromatic rings. The summed E-state index contributed by atoms with van der Waals surface area (Å²) >= 11 is 0. The number of anilines is 2. The van der Waals surface area contributed by atoms with E-state index in [-0.39, 0.29) is 117 Å². The van der Waals surface area contributed by atoms with Gasteiger partial charge in [-0.2, -0.15) is 0 Å². The molecule has 2 aliphatic rings. The Morgan fingerprint density at radius 2 is 1.00 bits per heavy atom. The second-order valence-corrected chi connectivity index (χ2v) is 21.8. The summed E-state index contributed by atoms with van der Waals surface area (Å²) in [6.07, 6.45) is 5.84. The number of aromatic hydroxyl groups is 4. The van der Waals surface area contributed by atoms with Gasteiger partial charge in [-0.15, -0.1) is 0 Å². The number of nitrogens with one attached hydrogen (secondary N) is 3. The summed E-state index contributed by atoms with van der Waals surface area (Å²) in [7, 11) is 5.57. The van der Waals surface area contributed by atoms with Gasteiger partial charge in [0.25, 0.3) is 11.8 Å². The van der Waals surface area contributed by atoms with Crippen molar-refractivity contribution in [2.24, 2.45) is 45.1 Å². The van der Waals surface area contributed by atoms with E-state index in [1.165, 1.54) is 90.9 Å². The summed E-state index contributed by atoms with van der Waals surface area (Å²) in [5.74, 6) is -4.62. The maximum absolute atomic E-state index is 13.5. The van der Waals surface area contributed by atoms with Gasteiger partial charge in [-0.25, -0.2) is 9.59 Å². The predicted molar refractivity (Wildman–Crippen MR) is 329 cm³/mol. The lowest BCUT2D eigenvalue weighted by atomic mass is 9.87. The van der Waals surface area contributed by atoms with Crippen molar-refractivity contribution >= 4 is 59.2 Å². The number of ether oxygens (including phenoxy) is 6. The molecule has 12 atom stereocenters. The Labute approximate surface area is 507 Å². The van der Waals surface area contributed by atoms with Gasteiger partial charge in [0.2, 0.25) is 0 Å². The molecule has 0 fully saturated rings. The number of phenols is 4. The lowest BCUT2D eigenvalue weighted by Gasteiger charge is -2.30. The highest BCUT2D eigenvalue weighted by molar-refractivity contribution is 6.05. The zero-order valence-corrected chi connectivity index (χ0v) is 51.1. The quantitative estimate of drug-likeness (QED) is 0.0308. The Morgan fingerprint density at radius 3 is 1.32 bits per heavy atom. The van der Waals surface area contributed by atoms with Gasteiger partial charge in [-0.3, -0.25) is 19.6 Å². The van der Waals surface area contributed by atoms with E-state index >= 15 is 0 Å². The molecule has 25 heteroatoms. The maximum Gasteiger partial charge on any atom is 0.405 e. The number of benzene rings is 2. The number of phenolic OH excluding ortho intramolecular Hbond substituents is 4. The number of rotatable bonds is 16. The lowest BCUT2D eigenvalue weighted by molar-refractivity contribution is -0.113. The number of hydrogen-bond acceptors (Lipinski definition) is 21. The molecule has 0 saturated carbocycles. The SMILES string of the molecule is CO[C@H]1C=CC=C(C)C(=O)Nc2cc(O)c(N=CCCNCCC=Nc3c(O)cc4c(O)c3C[C@@H](C)C[C@H](OC)[C@H](O)[C@@H](C)C=C(CO)[C@H](OC(N)=O)[C@@H](OC)C=CC=C(C)C(=O)N4)c(c2O)C[C@@H](C)C[C@@H](OC)[C@H](O)[C@@H](C)C=C(CO)[C@@H]1OC(N)=O. The smallest absolute Gasteiger partial charge is 0.405 e. The van der Waals surface area contributed by atoms with Crippen LogP contribution in [0, 0.1) is 23.7 Å². The summed E-state index contributed by atoms with van der Waals surface area (Å²) < 4.78 is 33.4. The average Bonchev–Trinajstić information content (AvgIpc) is 2.48. The molecule has 15 N–H and O–H groups in total. The number of aliphatic hydroxyl groups excluding tert-OH is 4. The molecule has 2 heterocycles. The Balaban J connectivity index is 1.58. The van der Waals surface area contributed by atoms with Crippen molar-refractivity contribution in [2.45, 2.75) is 129 Å². The van der Waals surface area contributed by atoms with E-state index in [1.54, 1.807) is 38.4 Å². The van der Waals surface area contributed by atoms with Gasteiger partial charge in [0.15, 0.2) is 12.2 Å². The molecule has 25 nitrogen and oxygen atoms in total. The highest BCUT2D eigenvalue weighted by Crippen LogP contribution is 2.46. The summed E-state index contributed by atoms with van der Waals surface area (Å²) in [6, 6.07) is 2.38. The van der Waals surface area contributed by atoms with Crippen molar-refractivity contribution < 1.29 is 88.5 Å². The minimum Gasteiger partial charge on any atom is -0.506 e. The third-order valence-electron chi connectivity index (χ3n) is 15.0. The van der Waals surface area contributed by atoms with Gasteiger partial charge in [-0.1, -0.05) is 76.3 Å². The standard InChI is InChI=1S/C62H89N7O18/c1-33-23-41-51(45(72)29-43(55(41)76)68-59(78)35(3)15-11-17-47(82-7)57(86-61(63)80)39(31-70)27-37(5)53(74)49(25-33)84-9)66-21-13-19-65-20-14-22-67-52-42-24-34(2)26-50(85-10)54(75)38(6)28-40(32-71)58(87-62(64)81)48(83-8)18-12-16-36(4)60(79)69-44(56(42)77)30-46(52)73/h11-12,15-18,21-22,27-30,33-34,37-38,47-50,53-54,57-58,65,70-77H,13-14,19-20,23-26,31-32H2,1-10H3,(H2,63,80)(H2,64,81)(H,68,78)(H,69,79)/t33-,34-,37+,38+,47+,48+,49-,50+,53-,54-,57+,58+/m1/s1. The third-order valence-corrected chi connectivity index (χ3v) is 15.0. The fourth-order valence-electron chi connectivity index (χ4n) is 10.2. The van der Waals surface area contributed by atoms with E-state index in [0.29, 0.717) is 25.9 Å². The van der Waals surface area contributed by atoms with Crippen LogP contribution in [-0.4, -0.2) is 181 Å². The number of primary amides is 2. The largest absolute Gasteiger partial charge is 0.506 e. The van der Waals surface area contributed by atoms with Crippen LogP contribution in [0.25, 0.3) is 0 Å². The molecule has 87 heavy (non-hydrogen) atoms. The van der Waals surface area contributed by atoms with Crippen LogP contribution in [-0.2, 0) is 50.9 Å². The topological polar surface area (TPSA) is 398 Å². The van der Waals surface area contributed by atoms with Crippen molar-refractivity contribution in [3.63, 3.8) is 0 Å². The van der Waals surface area contributed by atoms with Gasteiger partial charge in [0.05, 0.1) is 49.0 Å². The number of carbonyl (C=O) groups is 4. The molecule has 0 unspecified atom stereocenters. The monoisotopic (exact) mass is 1220 g/mol. The molecular formula is C62H89N7O18. The third kappa shape index (κ3) is 20.9. The van der Waals surface area contributed by atoms with Crippen LogP contribution < -0.4 is 27.4 Å². The van der Waals surface area contributed by atoms with Gasteiger partial charge in [0, 0.05) is 100 Å². The number of allylic oxidation sites excluding steroid dienone is 4. The summed E-state index contributed by atoms with van der Waals surface area (Å²) in [5.41, 5.74) is 11.9. The number of methoxy groups -OCH3 is 4. The number of aliphatic imine (C=N–C) groups is 2. The molecule has 480 valence electrons. The van der Waals surface area contributed by atoms with Crippen LogP contribution in [0.1, 0.15) is 78.4 Å². The molecule has 0 aliphatic carbocycles. The van der Waals surface area contributed by atoms with Gasteiger partial charge in [-0.05, 0) is 75.4 Å². The van der Waals surface area contributed by atoms with Crippen molar-refractivity contribution in [2.75, 3.05) is 65.4 Å². The van der Waals surface area contributed by atoms with Crippen molar-refractivity contribution in [3.8, 4) is 23.0 Å². The van der Waals surface area contributed by atoms with Crippen molar-refractivity contribution in [3.05, 3.63) is 94.2 Å². The predicted octanol–water partition coefficient (Wildman–Crippen LogP) is 5.85. The lowest BCUT2D eigenvalue weighted by Crippen LogP contribution is -2.38. The van der Waals surface area contributed by atoms with E-state index in [1.807, 2.05) is 13.8 Å². The Bertz CT molecular complexity index is 2730. The summed E-state index contributed by atoms with van der Waals surface area (Å²) in [5, 5.41) is 99.1. The molecule has 4 rings (SSSR count). The van der Waals surface area contributed by atoms with Gasteiger partial charge in [0.1, 0.15) is 46.6 Å². The number of nitrogens with two attached hydrogens (primary N) is 2. The number of hydrogen-bond donors (Lipinski definition) is 13. The molecule has 4 amide bonds. The zero-order valence-electron chi connectivity index (χ0n) is 51.1. The fourth-order valence-corrected chi connectivity index (χ4v) is 10.2. The Kier molecular flexibility index (Phi) is 29.3. The van der Waals surface area contributed by atoms with Crippen LogP contribution >= 0.6 is 0 Å². The highest BCUT2D eigenvalue weighted by Gasteiger charge is 2.34. The molecule has 0 saturated heterocycles. The van der Waals surface area contributed by atoms with Gasteiger partial charge < -0.3 is 96.7 Å². The second-order valence-electron chi connectivity index (χ2n) is 21.8. The molecule has 2 aromatic carbocycles. The number of aliphatic hydroxyl groups is 4. The first-order valence-electron chi connectivity index (χ1n) is 28.6. The van der Waals surface area contributed by atoms with E-state index in [9.17, 15) is 60.0 Å². The molecule has 2 aliphatic heterocycles. The fraction of sp³-hybridized carbons (Fsp3) is 0.516. The number of fused-ring (bicyclic) bond motifs is 4. The Morgan fingerprint density at radius 1 is 0.632 bits per heavy atom. The van der Waals surface area contributed by atoms with E-state index in [2.05, 4.69) is 25.9 Å². The first kappa shape index (κ1) is 72.0. The maximum atomic E-state index is 13.5. The summed E-state index contributed by atoms with van der Waals surface area (Å²) in [6.45, 7) is 9.75. The van der Waals surface area contributed by atoms with Crippen molar-refractivity contribution in [1.82, 2.24) is 5.32 Å². The number of nitrogens with zero attached hydrogens (tertiary/aromatic N) is 2. The minimum absolute atomic E-state index is 0.0536. The van der Waals surface area contributed by atoms with Crippen molar-refractivity contribution in [1.29, 1.82) is 0 Å². The minimum atomic E-state index is -1.21. The Hall–Kier alpha value is -7.46. The van der Waals surface area contributed by atoms with Crippen LogP contribution in [0.3, 0.4) is 0 Å². The molecule has 4 bridgehead atoms. The number of carbonyl (C=O) groups excluding carboxylic acids is 4. The zero-order chi connectivity index (χ0) is 64.7. The molecule has 0 aromatic heterocycles. The molecular weight excluding hydrogens is 1130 g/mol. The van der Waals surface area contributed by atoms with Crippen LogP contribution in [0.15, 0.2) is 93.0 Å². The van der Waals surface area contributed by atoms with Gasteiger partial charge >= 0.3 is 12.2 Å². The van der Waals surface area contributed by atoms with E-state index in [0.717, 1.165) is 0 Å². The van der Waals surface area contributed by atoms with E-state index in [4.69, 9.17) is 39.9 Å². The van der Waals surface area contributed by atoms with Crippen LogP contribution in [0.2, 0.25) is 0 Å². The first-order chi connectivity index (χ1) is 41.3. The van der Waals surface area contributed by atoms with Crippen LogP contribution in [0.4, 0.5) is 32.3 Å². The summed E-state index contributed by atoms with van der Waals surface area (Å²) in [4.78, 5) is 60.2. The number of amides is 4. The average molecular weight is 1220 g/mol. The molecule has 0 radical (unpaired) electrons. The normalized spacial score (nSPS) is 26.1. The van der Waals surface area contributed by atoms with E-state index < -0.39 is 97.9 Å². The first-order valence-corrected chi connectivity index (χ1v) is 28.6. The highest BCUT2D eigenvalue weighted by atomic mass is 16.6. The second kappa shape index (κ2) is 35.4. The molecule has 0 spiro atoms. The van der Waals surface area contributed by atoms with Crippen LogP contribution in [0.5, 0.6) is 23.0 Å².